The normalized spacial score (nSPS) is 18.2. The van der Waals surface area contributed by atoms with Crippen molar-refractivity contribution in [2.45, 2.75) is 18.8 Å². The minimum absolute atomic E-state index is 0.239. The molecule has 0 radical (unpaired) electrons. The fourth-order valence-corrected chi connectivity index (χ4v) is 3.01. The van der Waals surface area contributed by atoms with Crippen molar-refractivity contribution in [3.63, 3.8) is 0 Å². The van der Waals surface area contributed by atoms with Crippen molar-refractivity contribution >= 4 is 22.6 Å². The summed E-state index contributed by atoms with van der Waals surface area (Å²) in [6.45, 7) is 2.96. The first-order valence-electron chi connectivity index (χ1n) is 6.61. The summed E-state index contributed by atoms with van der Waals surface area (Å²) in [7, 11) is 0. The highest BCUT2D eigenvalue weighted by atomic mass is 35.5. The zero-order valence-corrected chi connectivity index (χ0v) is 11.4. The van der Waals surface area contributed by atoms with E-state index in [1.807, 2.05) is 0 Å². The lowest BCUT2D eigenvalue weighted by molar-refractivity contribution is 0.220. The number of likely N-dealkylation sites (tertiary alicyclic amines) is 1. The van der Waals surface area contributed by atoms with E-state index in [2.05, 4.69) is 10.1 Å². The summed E-state index contributed by atoms with van der Waals surface area (Å²) in [5.74, 6) is 0.786. The van der Waals surface area contributed by atoms with Gasteiger partial charge < -0.3 is 9.42 Å². The molecule has 1 aliphatic heterocycles. The number of rotatable bonds is 3. The second-order valence-corrected chi connectivity index (χ2v) is 5.39. The predicted molar refractivity (Wildman–Crippen MR) is 73.1 cm³/mol. The maximum absolute atomic E-state index is 13.3. The third-order valence-corrected chi connectivity index (χ3v) is 4.00. The van der Waals surface area contributed by atoms with Crippen LogP contribution < -0.4 is 0 Å². The van der Waals surface area contributed by atoms with E-state index in [1.165, 1.54) is 12.1 Å². The van der Waals surface area contributed by atoms with E-state index in [9.17, 15) is 4.39 Å². The van der Waals surface area contributed by atoms with Crippen molar-refractivity contribution < 1.29 is 8.91 Å². The third-order valence-electron chi connectivity index (χ3n) is 3.83. The molecule has 3 rings (SSSR count). The number of benzene rings is 1. The second-order valence-electron chi connectivity index (χ2n) is 5.01. The Kier molecular flexibility index (Phi) is 3.71. The van der Waals surface area contributed by atoms with Crippen LogP contribution in [0, 0.1) is 5.82 Å². The van der Waals surface area contributed by atoms with Gasteiger partial charge in [-0.15, -0.1) is 11.6 Å². The SMILES string of the molecule is Fc1ccc2onc(C3CCN(CCCl)CC3)c2c1. The summed E-state index contributed by atoms with van der Waals surface area (Å²) in [5.41, 5.74) is 1.57. The summed E-state index contributed by atoms with van der Waals surface area (Å²) in [6, 6.07) is 4.57. The van der Waals surface area contributed by atoms with Gasteiger partial charge in [0.1, 0.15) is 5.82 Å². The molecule has 0 saturated carbocycles. The minimum atomic E-state index is -0.239. The smallest absolute Gasteiger partial charge is 0.167 e. The van der Waals surface area contributed by atoms with E-state index >= 15 is 0 Å². The molecule has 3 nitrogen and oxygen atoms in total. The first kappa shape index (κ1) is 12.9. The summed E-state index contributed by atoms with van der Waals surface area (Å²) in [4.78, 5) is 2.35. The van der Waals surface area contributed by atoms with Crippen LogP contribution in [-0.2, 0) is 0 Å². The van der Waals surface area contributed by atoms with Crippen LogP contribution in [-0.4, -0.2) is 35.6 Å². The average molecular weight is 283 g/mol. The van der Waals surface area contributed by atoms with Gasteiger partial charge in [-0.2, -0.15) is 0 Å². The molecule has 0 N–H and O–H groups in total. The standard InChI is InChI=1S/C14H16ClFN2O/c15-5-8-18-6-3-10(4-7-18)14-12-9-11(16)1-2-13(12)19-17-14/h1-2,9-10H,3-8H2. The van der Waals surface area contributed by atoms with Crippen LogP contribution in [0.15, 0.2) is 22.7 Å². The van der Waals surface area contributed by atoms with Crippen LogP contribution in [0.2, 0.25) is 0 Å². The summed E-state index contributed by atoms with van der Waals surface area (Å²) < 4.78 is 18.6. The largest absolute Gasteiger partial charge is 0.356 e. The molecule has 1 aromatic carbocycles. The highest BCUT2D eigenvalue weighted by Crippen LogP contribution is 2.32. The van der Waals surface area contributed by atoms with Crippen molar-refractivity contribution in [2.24, 2.45) is 0 Å². The van der Waals surface area contributed by atoms with Gasteiger partial charge in [-0.3, -0.25) is 0 Å². The van der Waals surface area contributed by atoms with E-state index in [4.69, 9.17) is 16.1 Å². The highest BCUT2D eigenvalue weighted by molar-refractivity contribution is 6.18. The van der Waals surface area contributed by atoms with Crippen LogP contribution >= 0.6 is 11.6 Å². The molecule has 0 aliphatic carbocycles. The van der Waals surface area contributed by atoms with Gasteiger partial charge in [0.05, 0.1) is 5.69 Å². The zero-order valence-electron chi connectivity index (χ0n) is 10.6. The van der Waals surface area contributed by atoms with Gasteiger partial charge in [-0.1, -0.05) is 5.16 Å². The topological polar surface area (TPSA) is 29.3 Å². The van der Waals surface area contributed by atoms with Gasteiger partial charge in [0.2, 0.25) is 0 Å². The Bertz CT molecular complexity index is 564. The van der Waals surface area contributed by atoms with Crippen LogP contribution in [0.25, 0.3) is 11.0 Å². The molecule has 0 spiro atoms. The van der Waals surface area contributed by atoms with Gasteiger partial charge in [-0.25, -0.2) is 4.39 Å². The number of hydrogen-bond donors (Lipinski definition) is 0. The lowest BCUT2D eigenvalue weighted by atomic mass is 9.91. The summed E-state index contributed by atoms with van der Waals surface area (Å²) in [5, 5.41) is 4.96. The number of halogens is 2. The molecule has 102 valence electrons. The minimum Gasteiger partial charge on any atom is -0.356 e. The first-order chi connectivity index (χ1) is 9.28. The molecule has 0 unspecified atom stereocenters. The summed E-state index contributed by atoms with van der Waals surface area (Å²) >= 11 is 5.76. The van der Waals surface area contributed by atoms with Gasteiger partial charge in [0.15, 0.2) is 5.58 Å². The molecule has 2 aromatic rings. The molecule has 2 heterocycles. The molecule has 5 heteroatoms. The Balaban J connectivity index is 1.80. The molecule has 1 fully saturated rings. The third kappa shape index (κ3) is 2.60. The molecule has 0 atom stereocenters. The number of alkyl halides is 1. The average Bonchev–Trinajstić information content (AvgIpc) is 2.83. The Hall–Kier alpha value is -1.13. The molecular weight excluding hydrogens is 267 g/mol. The number of piperidine rings is 1. The number of fused-ring (bicyclic) bond motifs is 1. The van der Waals surface area contributed by atoms with Gasteiger partial charge in [-0.05, 0) is 44.1 Å². The van der Waals surface area contributed by atoms with E-state index in [1.54, 1.807) is 6.07 Å². The predicted octanol–water partition coefficient (Wildman–Crippen LogP) is 3.39. The van der Waals surface area contributed by atoms with Crippen molar-refractivity contribution in [3.8, 4) is 0 Å². The van der Waals surface area contributed by atoms with Crippen molar-refractivity contribution in [1.82, 2.24) is 10.1 Å². The molecule has 1 aliphatic rings. The fourth-order valence-electron chi connectivity index (χ4n) is 2.77. The van der Waals surface area contributed by atoms with Crippen LogP contribution in [0.5, 0.6) is 0 Å². The van der Waals surface area contributed by atoms with Crippen LogP contribution in [0.3, 0.4) is 0 Å². The van der Waals surface area contributed by atoms with Crippen LogP contribution in [0.4, 0.5) is 4.39 Å². The molecular formula is C14H16ClFN2O. The van der Waals surface area contributed by atoms with Crippen molar-refractivity contribution in [1.29, 1.82) is 0 Å². The van der Waals surface area contributed by atoms with Crippen molar-refractivity contribution in [3.05, 3.63) is 29.7 Å². The van der Waals surface area contributed by atoms with E-state index in [0.29, 0.717) is 17.4 Å². The lowest BCUT2D eigenvalue weighted by Gasteiger charge is -2.30. The molecule has 1 saturated heterocycles. The van der Waals surface area contributed by atoms with E-state index in [-0.39, 0.29) is 5.82 Å². The lowest BCUT2D eigenvalue weighted by Crippen LogP contribution is -2.34. The van der Waals surface area contributed by atoms with Crippen molar-refractivity contribution in [2.75, 3.05) is 25.5 Å². The maximum Gasteiger partial charge on any atom is 0.167 e. The Morgan fingerprint density at radius 1 is 1.37 bits per heavy atom. The number of hydrogen-bond acceptors (Lipinski definition) is 3. The van der Waals surface area contributed by atoms with Gasteiger partial charge in [0, 0.05) is 23.7 Å². The molecule has 0 bridgehead atoms. The molecule has 1 aromatic heterocycles. The molecule has 0 amide bonds. The Morgan fingerprint density at radius 3 is 2.89 bits per heavy atom. The zero-order chi connectivity index (χ0) is 13.2. The maximum atomic E-state index is 13.3. The number of nitrogens with zero attached hydrogens (tertiary/aromatic N) is 2. The molecule has 19 heavy (non-hydrogen) atoms. The van der Waals surface area contributed by atoms with E-state index in [0.717, 1.165) is 43.6 Å². The second kappa shape index (κ2) is 5.47. The monoisotopic (exact) mass is 282 g/mol. The van der Waals surface area contributed by atoms with Crippen LogP contribution in [0.1, 0.15) is 24.5 Å². The Morgan fingerprint density at radius 2 is 2.16 bits per heavy atom. The summed E-state index contributed by atoms with van der Waals surface area (Å²) in [6.07, 6.45) is 2.05. The quantitative estimate of drug-likeness (QED) is 0.808. The fraction of sp³-hybridized carbons (Fsp3) is 0.500. The highest BCUT2D eigenvalue weighted by Gasteiger charge is 2.24. The number of aromatic nitrogens is 1. The Labute approximate surface area is 116 Å². The van der Waals surface area contributed by atoms with Gasteiger partial charge in [0.25, 0.3) is 0 Å². The first-order valence-corrected chi connectivity index (χ1v) is 7.14. The van der Waals surface area contributed by atoms with E-state index < -0.39 is 0 Å². The van der Waals surface area contributed by atoms with Gasteiger partial charge >= 0.3 is 0 Å².